The lowest BCUT2D eigenvalue weighted by molar-refractivity contribution is 0.101. The zero-order valence-electron chi connectivity index (χ0n) is 29.1. The van der Waals surface area contributed by atoms with E-state index in [1.54, 1.807) is 76.1 Å². The number of carbonyl (C=O) groups is 1. The molecule has 1 N–H and O–H groups in total. The van der Waals surface area contributed by atoms with E-state index in [4.69, 9.17) is 23.7 Å². The standard InChI is InChI=1S/C38H34F2N6O6S/c1-48-26-11-5-23(6-12-26)19-46-20-33(44-45-46)29-17-31(40)32(18-30(29)39)41-35(47)34-36(51-21-24-7-13-27(49-2)14-8-24)42-38(53-4)43-37(34)52-22-25-9-15-28(50-3)16-10-25/h5-18,20H,19,21-22H2,1-4H3,(H,41,47). The number of ether oxygens (including phenoxy) is 5. The summed E-state index contributed by atoms with van der Waals surface area (Å²) in [7, 11) is 4.70. The lowest BCUT2D eigenvalue weighted by Crippen LogP contribution is -2.19. The van der Waals surface area contributed by atoms with Crippen molar-refractivity contribution >= 4 is 23.4 Å². The molecular weight excluding hydrogens is 707 g/mol. The Kier molecular flexibility index (Phi) is 11.6. The van der Waals surface area contributed by atoms with Crippen LogP contribution in [0.1, 0.15) is 27.0 Å². The molecule has 2 aromatic heterocycles. The van der Waals surface area contributed by atoms with Crippen LogP contribution < -0.4 is 29.0 Å². The van der Waals surface area contributed by atoms with Gasteiger partial charge in [-0.1, -0.05) is 53.4 Å². The molecule has 0 aliphatic rings. The molecule has 0 aliphatic heterocycles. The van der Waals surface area contributed by atoms with Crippen LogP contribution >= 0.6 is 11.8 Å². The summed E-state index contributed by atoms with van der Waals surface area (Å²) in [5.41, 5.74) is 1.74. The van der Waals surface area contributed by atoms with Crippen LogP contribution in [0.3, 0.4) is 0 Å². The van der Waals surface area contributed by atoms with Crippen LogP contribution in [0, 0.1) is 11.6 Å². The van der Waals surface area contributed by atoms with Crippen LogP contribution in [0.5, 0.6) is 29.0 Å². The molecule has 0 unspecified atom stereocenters. The van der Waals surface area contributed by atoms with E-state index in [1.807, 2.05) is 24.3 Å². The molecule has 0 aliphatic carbocycles. The predicted octanol–water partition coefficient (Wildman–Crippen LogP) is 7.22. The van der Waals surface area contributed by atoms with Crippen LogP contribution in [0.4, 0.5) is 14.5 Å². The second kappa shape index (κ2) is 16.9. The molecule has 53 heavy (non-hydrogen) atoms. The quantitative estimate of drug-likeness (QED) is 0.0846. The second-order valence-corrected chi connectivity index (χ2v) is 12.2. The van der Waals surface area contributed by atoms with Crippen molar-refractivity contribution in [1.29, 1.82) is 0 Å². The fourth-order valence-electron chi connectivity index (χ4n) is 5.08. The summed E-state index contributed by atoms with van der Waals surface area (Å²) in [5, 5.41) is 10.8. The average Bonchev–Trinajstić information content (AvgIpc) is 3.65. The van der Waals surface area contributed by atoms with Crippen molar-refractivity contribution in [3.63, 3.8) is 0 Å². The zero-order chi connectivity index (χ0) is 37.3. The SMILES string of the molecule is COc1ccc(COc2nc(SC)nc(OCc3ccc(OC)cc3)c2C(=O)Nc2cc(F)c(-c3cn(Cc4ccc(OC)cc4)nn3)cc2F)cc1. The van der Waals surface area contributed by atoms with Crippen LogP contribution in [0.2, 0.25) is 0 Å². The largest absolute Gasteiger partial charge is 0.497 e. The highest BCUT2D eigenvalue weighted by molar-refractivity contribution is 7.98. The first kappa shape index (κ1) is 36.6. The maximum atomic E-state index is 15.6. The molecule has 6 rings (SSSR count). The van der Waals surface area contributed by atoms with Gasteiger partial charge in [-0.3, -0.25) is 4.79 Å². The molecule has 0 atom stereocenters. The van der Waals surface area contributed by atoms with Crippen LogP contribution in [-0.2, 0) is 19.8 Å². The van der Waals surface area contributed by atoms with Crippen molar-refractivity contribution in [3.05, 3.63) is 125 Å². The number of hydrogen-bond acceptors (Lipinski definition) is 11. The number of rotatable bonds is 15. The molecule has 0 saturated heterocycles. The third kappa shape index (κ3) is 8.99. The monoisotopic (exact) mass is 740 g/mol. The summed E-state index contributed by atoms with van der Waals surface area (Å²) in [5.74, 6) is -0.842. The molecule has 272 valence electrons. The first-order valence-corrected chi connectivity index (χ1v) is 17.3. The Morgan fingerprint density at radius 1 is 0.736 bits per heavy atom. The smallest absolute Gasteiger partial charge is 0.266 e. The molecule has 1 amide bonds. The minimum absolute atomic E-state index is 0.0177. The fraction of sp³-hybridized carbons (Fsp3) is 0.184. The fourth-order valence-corrected chi connectivity index (χ4v) is 5.43. The Labute approximate surface area is 308 Å². The summed E-state index contributed by atoms with van der Waals surface area (Å²) in [6, 6.07) is 23.4. The minimum Gasteiger partial charge on any atom is -0.497 e. The van der Waals surface area contributed by atoms with Crippen molar-refractivity contribution in [1.82, 2.24) is 25.0 Å². The highest BCUT2D eigenvalue weighted by Crippen LogP contribution is 2.32. The topological polar surface area (TPSA) is 132 Å². The normalized spacial score (nSPS) is 10.8. The number of nitrogens with zero attached hydrogens (tertiary/aromatic N) is 5. The van der Waals surface area contributed by atoms with Gasteiger partial charge in [-0.2, -0.15) is 9.97 Å². The molecule has 2 heterocycles. The summed E-state index contributed by atoms with van der Waals surface area (Å²) in [4.78, 5) is 22.8. The van der Waals surface area contributed by atoms with E-state index in [9.17, 15) is 4.79 Å². The van der Waals surface area contributed by atoms with Crippen LogP contribution in [0.15, 0.2) is 96.3 Å². The van der Waals surface area contributed by atoms with Gasteiger partial charge in [0.1, 0.15) is 47.8 Å². The number of amides is 1. The Balaban J connectivity index is 1.27. The van der Waals surface area contributed by atoms with Crippen molar-refractivity contribution in [2.24, 2.45) is 0 Å². The predicted molar refractivity (Wildman–Crippen MR) is 194 cm³/mol. The molecule has 6 aromatic rings. The van der Waals surface area contributed by atoms with Gasteiger partial charge >= 0.3 is 0 Å². The molecule has 0 radical (unpaired) electrons. The maximum Gasteiger partial charge on any atom is 0.266 e. The number of carbonyl (C=O) groups excluding carboxylic acids is 1. The lowest BCUT2D eigenvalue weighted by Gasteiger charge is -2.16. The maximum absolute atomic E-state index is 15.6. The van der Waals surface area contributed by atoms with E-state index in [-0.39, 0.29) is 47.0 Å². The summed E-state index contributed by atoms with van der Waals surface area (Å²) in [6.07, 6.45) is 3.26. The average molecular weight is 741 g/mol. The van der Waals surface area contributed by atoms with Crippen molar-refractivity contribution < 1.29 is 37.3 Å². The molecule has 0 spiro atoms. The van der Waals surface area contributed by atoms with Crippen LogP contribution in [0.25, 0.3) is 11.3 Å². The van der Waals surface area contributed by atoms with Crippen molar-refractivity contribution in [3.8, 4) is 40.3 Å². The van der Waals surface area contributed by atoms with Gasteiger partial charge < -0.3 is 29.0 Å². The zero-order valence-corrected chi connectivity index (χ0v) is 29.9. The highest BCUT2D eigenvalue weighted by atomic mass is 32.2. The molecule has 0 saturated carbocycles. The first-order chi connectivity index (χ1) is 25.8. The second-order valence-electron chi connectivity index (χ2n) is 11.4. The minimum atomic E-state index is -0.914. The number of methoxy groups -OCH3 is 3. The molecule has 12 nitrogen and oxygen atoms in total. The lowest BCUT2D eigenvalue weighted by atomic mass is 10.1. The van der Waals surface area contributed by atoms with Gasteiger partial charge in [0.15, 0.2) is 10.7 Å². The first-order valence-electron chi connectivity index (χ1n) is 16.1. The Hall–Kier alpha value is -6.22. The molecular formula is C38H34F2N6O6S. The van der Waals surface area contributed by atoms with Crippen LogP contribution in [-0.4, -0.2) is 58.5 Å². The number of anilines is 1. The van der Waals surface area contributed by atoms with Gasteiger partial charge in [0, 0.05) is 11.6 Å². The number of benzene rings is 4. The number of thioether (sulfide) groups is 1. The third-order valence-electron chi connectivity index (χ3n) is 7.92. The summed E-state index contributed by atoms with van der Waals surface area (Å²) in [6.45, 7) is 0.381. The molecule has 4 aromatic carbocycles. The van der Waals surface area contributed by atoms with E-state index in [0.717, 1.165) is 28.8 Å². The van der Waals surface area contributed by atoms with Gasteiger partial charge in [0.2, 0.25) is 11.8 Å². The summed E-state index contributed by atoms with van der Waals surface area (Å²) < 4.78 is 60.5. The number of hydrogen-bond donors (Lipinski definition) is 1. The van der Waals surface area contributed by atoms with E-state index >= 15 is 8.78 Å². The van der Waals surface area contributed by atoms with Gasteiger partial charge in [0.05, 0.1) is 39.8 Å². The molecule has 0 fully saturated rings. The summed E-state index contributed by atoms with van der Waals surface area (Å²) >= 11 is 1.21. The Morgan fingerprint density at radius 2 is 1.25 bits per heavy atom. The van der Waals surface area contributed by atoms with E-state index in [1.165, 1.54) is 22.6 Å². The van der Waals surface area contributed by atoms with E-state index in [2.05, 4.69) is 25.6 Å². The van der Waals surface area contributed by atoms with Gasteiger partial charge in [-0.25, -0.2) is 13.5 Å². The van der Waals surface area contributed by atoms with Gasteiger partial charge in [0.25, 0.3) is 5.91 Å². The third-order valence-corrected chi connectivity index (χ3v) is 8.47. The Bertz CT molecular complexity index is 2110. The number of aromatic nitrogens is 5. The molecule has 15 heteroatoms. The van der Waals surface area contributed by atoms with E-state index < -0.39 is 23.2 Å². The highest BCUT2D eigenvalue weighted by Gasteiger charge is 2.26. The number of nitrogens with one attached hydrogen (secondary N) is 1. The van der Waals surface area contributed by atoms with Crippen molar-refractivity contribution in [2.45, 2.75) is 24.9 Å². The van der Waals surface area contributed by atoms with Gasteiger partial charge in [-0.15, -0.1) is 5.10 Å². The number of halogens is 2. The van der Waals surface area contributed by atoms with E-state index in [0.29, 0.717) is 23.8 Å². The van der Waals surface area contributed by atoms with Gasteiger partial charge in [-0.05, 0) is 65.4 Å². The molecule has 0 bridgehead atoms. The Morgan fingerprint density at radius 3 is 1.74 bits per heavy atom. The van der Waals surface area contributed by atoms with Crippen molar-refractivity contribution in [2.75, 3.05) is 32.9 Å².